The van der Waals surface area contributed by atoms with Gasteiger partial charge in [-0.2, -0.15) is 14.9 Å². The van der Waals surface area contributed by atoms with Gasteiger partial charge in [-0.3, -0.25) is 4.79 Å². The molecule has 0 amide bonds. The molecule has 0 spiro atoms. The summed E-state index contributed by atoms with van der Waals surface area (Å²) in [7, 11) is 1.74. The van der Waals surface area contributed by atoms with Crippen LogP contribution in [0, 0.1) is 29.9 Å². The van der Waals surface area contributed by atoms with Gasteiger partial charge in [-0.05, 0) is 36.8 Å². The third kappa shape index (κ3) is 2.67. The molecule has 0 saturated heterocycles. The van der Waals surface area contributed by atoms with E-state index < -0.39 is 11.6 Å². The molecule has 7 heteroatoms. The van der Waals surface area contributed by atoms with Crippen LogP contribution in [-0.4, -0.2) is 14.2 Å². The zero-order chi connectivity index (χ0) is 20.0. The highest BCUT2D eigenvalue weighted by atomic mass is 19.1. The molecule has 28 heavy (non-hydrogen) atoms. The number of halogens is 2. The van der Waals surface area contributed by atoms with E-state index in [1.807, 2.05) is 0 Å². The van der Waals surface area contributed by atoms with Crippen molar-refractivity contribution >= 4 is 5.65 Å². The Kier molecular flexibility index (Phi) is 4.04. The zero-order valence-electron chi connectivity index (χ0n) is 15.1. The smallest absolute Gasteiger partial charge is 0.274 e. The molecular weight excluding hydrogens is 362 g/mol. The van der Waals surface area contributed by atoms with Gasteiger partial charge in [0, 0.05) is 24.7 Å². The van der Waals surface area contributed by atoms with Gasteiger partial charge in [0.05, 0.1) is 28.6 Å². The third-order valence-electron chi connectivity index (χ3n) is 4.69. The lowest BCUT2D eigenvalue weighted by Gasteiger charge is -2.13. The summed E-state index contributed by atoms with van der Waals surface area (Å²) < 4.78 is 30.8. The molecular formula is C21H14F2N4O. The minimum absolute atomic E-state index is 0.167. The van der Waals surface area contributed by atoms with E-state index in [0.29, 0.717) is 28.2 Å². The Balaban J connectivity index is 2.05. The summed E-state index contributed by atoms with van der Waals surface area (Å²) in [6, 6.07) is 13.6. The van der Waals surface area contributed by atoms with Gasteiger partial charge in [-0.15, -0.1) is 0 Å². The molecule has 0 bridgehead atoms. The van der Waals surface area contributed by atoms with Crippen molar-refractivity contribution < 1.29 is 8.78 Å². The Morgan fingerprint density at radius 3 is 2.43 bits per heavy atom. The average Bonchev–Trinajstić information content (AvgIpc) is 3.03. The minimum atomic E-state index is -0.728. The molecule has 0 aliphatic rings. The Morgan fingerprint density at radius 2 is 1.79 bits per heavy atom. The highest BCUT2D eigenvalue weighted by Gasteiger charge is 2.20. The number of aryl methyl sites for hydroxylation is 2. The van der Waals surface area contributed by atoms with Crippen LogP contribution in [-0.2, 0) is 7.05 Å². The number of fused-ring (bicyclic) bond motifs is 1. The predicted molar refractivity (Wildman–Crippen MR) is 101 cm³/mol. The first-order chi connectivity index (χ1) is 13.4. The summed E-state index contributed by atoms with van der Waals surface area (Å²) in [5, 5.41) is 13.2. The van der Waals surface area contributed by atoms with Crippen molar-refractivity contribution in [1.29, 1.82) is 5.26 Å². The van der Waals surface area contributed by atoms with Gasteiger partial charge in [0.1, 0.15) is 17.3 Å². The lowest BCUT2D eigenvalue weighted by molar-refractivity contribution is 0.585. The second-order valence-electron chi connectivity index (χ2n) is 6.44. The first kappa shape index (κ1) is 17.6. The second kappa shape index (κ2) is 6.43. The number of benzene rings is 2. The quantitative estimate of drug-likeness (QED) is 0.534. The second-order valence-corrected chi connectivity index (χ2v) is 6.44. The molecule has 5 nitrogen and oxygen atoms in total. The first-order valence-corrected chi connectivity index (χ1v) is 8.46. The monoisotopic (exact) mass is 376 g/mol. The Morgan fingerprint density at radius 1 is 1.07 bits per heavy atom. The number of hydrogen-bond donors (Lipinski definition) is 0. The van der Waals surface area contributed by atoms with Crippen molar-refractivity contribution in [3.05, 3.63) is 81.8 Å². The van der Waals surface area contributed by atoms with Gasteiger partial charge >= 0.3 is 0 Å². The molecule has 0 unspecified atom stereocenters. The van der Waals surface area contributed by atoms with Crippen LogP contribution in [0.5, 0.6) is 0 Å². The van der Waals surface area contributed by atoms with Gasteiger partial charge in [0.2, 0.25) is 0 Å². The summed E-state index contributed by atoms with van der Waals surface area (Å²) in [4.78, 5) is 12.7. The molecule has 4 aromatic rings. The fourth-order valence-electron chi connectivity index (χ4n) is 3.37. The van der Waals surface area contributed by atoms with Crippen molar-refractivity contribution in [2.24, 2.45) is 7.05 Å². The summed E-state index contributed by atoms with van der Waals surface area (Å²) in [5.74, 6) is -1.41. The third-order valence-corrected chi connectivity index (χ3v) is 4.69. The van der Waals surface area contributed by atoms with Crippen LogP contribution in [0.3, 0.4) is 0 Å². The number of hydrogen-bond acceptors (Lipinski definition) is 3. The van der Waals surface area contributed by atoms with Crippen LogP contribution < -0.4 is 5.56 Å². The zero-order valence-corrected chi connectivity index (χ0v) is 15.1. The Bertz CT molecular complexity index is 1330. The Hall–Kier alpha value is -3.79. The van der Waals surface area contributed by atoms with Gasteiger partial charge in [0.25, 0.3) is 5.56 Å². The van der Waals surface area contributed by atoms with Crippen LogP contribution in [0.15, 0.2) is 53.3 Å². The van der Waals surface area contributed by atoms with Gasteiger partial charge < -0.3 is 4.57 Å². The van der Waals surface area contributed by atoms with E-state index in [9.17, 15) is 13.6 Å². The predicted octanol–water partition coefficient (Wildman–Crippen LogP) is 3.83. The van der Waals surface area contributed by atoms with Crippen LogP contribution in [0.1, 0.15) is 11.3 Å². The topological polar surface area (TPSA) is 63.1 Å². The van der Waals surface area contributed by atoms with E-state index >= 15 is 0 Å². The molecule has 0 fully saturated rings. The summed E-state index contributed by atoms with van der Waals surface area (Å²) >= 11 is 0. The number of nitriles is 1. The largest absolute Gasteiger partial charge is 0.328 e. The highest BCUT2D eigenvalue weighted by Crippen LogP contribution is 2.31. The van der Waals surface area contributed by atoms with Crippen LogP contribution in [0.4, 0.5) is 8.78 Å². The van der Waals surface area contributed by atoms with Crippen molar-refractivity contribution in [1.82, 2.24) is 14.2 Å². The lowest BCUT2D eigenvalue weighted by atomic mass is 10.0. The fraction of sp³-hybridized carbons (Fsp3) is 0.0952. The number of rotatable bonds is 2. The van der Waals surface area contributed by atoms with Crippen LogP contribution >= 0.6 is 0 Å². The lowest BCUT2D eigenvalue weighted by Crippen LogP contribution is -2.18. The molecule has 0 atom stereocenters. The highest BCUT2D eigenvalue weighted by molar-refractivity contribution is 5.82. The maximum Gasteiger partial charge on any atom is 0.274 e. The van der Waals surface area contributed by atoms with Gasteiger partial charge in [-0.25, -0.2) is 8.78 Å². The first-order valence-electron chi connectivity index (χ1n) is 8.46. The number of aromatic nitrogens is 3. The summed E-state index contributed by atoms with van der Waals surface area (Å²) in [6.45, 7) is 1.67. The molecule has 138 valence electrons. The van der Waals surface area contributed by atoms with Crippen LogP contribution in [0.25, 0.3) is 28.0 Å². The maximum atomic E-state index is 14.5. The van der Waals surface area contributed by atoms with Crippen molar-refractivity contribution in [3.8, 4) is 28.5 Å². The van der Waals surface area contributed by atoms with E-state index in [0.717, 1.165) is 11.6 Å². The van der Waals surface area contributed by atoms with Crippen LogP contribution in [0.2, 0.25) is 0 Å². The average molecular weight is 376 g/mol. The molecule has 2 aromatic heterocycles. The SMILES string of the molecule is Cc1nn2c(=O)cc(-c3ccc(C#N)cc3)n(C)c2c1-c1ccc(F)cc1F. The van der Waals surface area contributed by atoms with Crippen molar-refractivity contribution in [2.75, 3.05) is 0 Å². The summed E-state index contributed by atoms with van der Waals surface area (Å²) in [6.07, 6.45) is 0. The molecule has 0 aliphatic carbocycles. The standard InChI is InChI=1S/C21H14F2N4O/c1-12-20(16-8-7-15(22)9-17(16)23)21-26(2)18(10-19(28)27(21)25-12)14-5-3-13(11-24)4-6-14/h3-10H,1-2H3. The van der Waals surface area contributed by atoms with Crippen molar-refractivity contribution in [3.63, 3.8) is 0 Å². The normalized spacial score (nSPS) is 11.0. The van der Waals surface area contributed by atoms with E-state index in [1.165, 1.54) is 22.7 Å². The molecule has 0 saturated carbocycles. The van der Waals surface area contributed by atoms with E-state index in [2.05, 4.69) is 11.2 Å². The van der Waals surface area contributed by atoms with E-state index in [1.54, 1.807) is 42.8 Å². The fourth-order valence-corrected chi connectivity index (χ4v) is 3.37. The number of nitrogens with zero attached hydrogens (tertiary/aromatic N) is 4. The Labute approximate surface area is 158 Å². The molecule has 0 aliphatic heterocycles. The molecule has 0 N–H and O–H groups in total. The molecule has 2 aromatic carbocycles. The van der Waals surface area contributed by atoms with E-state index in [4.69, 9.17) is 5.26 Å². The summed E-state index contributed by atoms with van der Waals surface area (Å²) in [5.41, 5.74) is 2.89. The van der Waals surface area contributed by atoms with Gasteiger partial charge in [0.15, 0.2) is 0 Å². The molecule has 0 radical (unpaired) electrons. The molecule has 2 heterocycles. The molecule has 4 rings (SSSR count). The van der Waals surface area contributed by atoms with Gasteiger partial charge in [-0.1, -0.05) is 12.1 Å². The minimum Gasteiger partial charge on any atom is -0.328 e. The van der Waals surface area contributed by atoms with E-state index in [-0.39, 0.29) is 11.1 Å². The van der Waals surface area contributed by atoms with Crippen molar-refractivity contribution in [2.45, 2.75) is 6.92 Å². The maximum absolute atomic E-state index is 14.5.